The highest BCUT2D eigenvalue weighted by Crippen LogP contribution is 2.30. The first-order valence-electron chi connectivity index (χ1n) is 14.5. The lowest BCUT2D eigenvalue weighted by Crippen LogP contribution is -2.38. The highest BCUT2D eigenvalue weighted by Gasteiger charge is 2.29. The van der Waals surface area contributed by atoms with Crippen molar-refractivity contribution in [1.29, 1.82) is 0 Å². The number of pyridine rings is 1. The lowest BCUT2D eigenvalue weighted by Gasteiger charge is -2.18. The van der Waals surface area contributed by atoms with Gasteiger partial charge in [-0.05, 0) is 73.0 Å². The van der Waals surface area contributed by atoms with E-state index >= 15 is 0 Å². The van der Waals surface area contributed by atoms with Crippen LogP contribution in [0.3, 0.4) is 0 Å². The maximum atomic E-state index is 13.1. The summed E-state index contributed by atoms with van der Waals surface area (Å²) in [4.78, 5) is 29.4. The Balaban J connectivity index is 1.29. The van der Waals surface area contributed by atoms with Crippen LogP contribution in [0.5, 0.6) is 5.75 Å². The Hall–Kier alpha value is -5.30. The summed E-state index contributed by atoms with van der Waals surface area (Å²) >= 11 is 0. The van der Waals surface area contributed by atoms with Crippen molar-refractivity contribution in [3.8, 4) is 16.9 Å². The Labute approximate surface area is 267 Å². The molecule has 9 nitrogen and oxygen atoms in total. The predicted octanol–water partition coefficient (Wildman–Crippen LogP) is 6.08. The summed E-state index contributed by atoms with van der Waals surface area (Å²) in [5.41, 5.74) is 2.65. The Morgan fingerprint density at radius 1 is 0.894 bits per heavy atom. The monoisotopic (exact) mass is 649 g/mol. The van der Waals surface area contributed by atoms with Gasteiger partial charge in [0, 0.05) is 36.7 Å². The molecule has 0 aliphatic heterocycles. The Morgan fingerprint density at radius 2 is 1.53 bits per heavy atom. The summed E-state index contributed by atoms with van der Waals surface area (Å²) in [5.74, 6) is -1.11. The summed E-state index contributed by atoms with van der Waals surface area (Å²) in [6.07, 6.45) is -2.44. The van der Waals surface area contributed by atoms with Crippen molar-refractivity contribution in [1.82, 2.24) is 19.9 Å². The van der Waals surface area contributed by atoms with Crippen molar-refractivity contribution in [2.24, 2.45) is 0 Å². The molecule has 0 bridgehead atoms. The fourth-order valence-electron chi connectivity index (χ4n) is 4.61. The van der Waals surface area contributed by atoms with E-state index in [-0.39, 0.29) is 53.9 Å². The molecule has 244 valence electrons. The molecule has 2 heterocycles. The molecule has 47 heavy (non-hydrogen) atoms. The van der Waals surface area contributed by atoms with E-state index < -0.39 is 24.3 Å². The number of nitrogens with zero attached hydrogens (tertiary/aromatic N) is 3. The van der Waals surface area contributed by atoms with Crippen LogP contribution < -0.4 is 15.4 Å². The maximum absolute atomic E-state index is 13.1. The van der Waals surface area contributed by atoms with Gasteiger partial charge < -0.3 is 20.5 Å². The number of carbonyl (C=O) groups excluding carboxylic acids is 2. The number of nitrogens with one attached hydrogen (secondary N) is 2. The molecule has 13 heteroatoms. The van der Waals surface area contributed by atoms with E-state index in [4.69, 9.17) is 4.74 Å². The lowest BCUT2D eigenvalue weighted by molar-refractivity contribution is -0.153. The van der Waals surface area contributed by atoms with Gasteiger partial charge in [-0.3, -0.25) is 9.59 Å². The number of carbonyl (C=O) groups is 2. The number of ketones is 1. The lowest BCUT2D eigenvalue weighted by atomic mass is 10.0. The van der Waals surface area contributed by atoms with E-state index in [9.17, 15) is 32.3 Å². The quantitative estimate of drug-likeness (QED) is 0.140. The number of alkyl halides is 3. The number of rotatable bonds is 12. The molecule has 0 aliphatic carbocycles. The van der Waals surface area contributed by atoms with Gasteiger partial charge in [0.1, 0.15) is 17.3 Å². The molecule has 3 aromatic carbocycles. The minimum absolute atomic E-state index is 0.00373. The van der Waals surface area contributed by atoms with Gasteiger partial charge in [-0.2, -0.15) is 18.2 Å². The molecule has 0 saturated heterocycles. The second kappa shape index (κ2) is 13.6. The fourth-order valence-corrected chi connectivity index (χ4v) is 4.61. The van der Waals surface area contributed by atoms with Gasteiger partial charge in [0.05, 0.1) is 11.3 Å². The molecule has 0 saturated carbocycles. The number of aliphatic hydroxyl groups is 1. The average molecular weight is 650 g/mol. The van der Waals surface area contributed by atoms with Gasteiger partial charge in [0.2, 0.25) is 5.95 Å². The number of amides is 1. The zero-order chi connectivity index (χ0) is 33.8. The average Bonchev–Trinajstić information content (AvgIpc) is 3.41. The molecule has 5 aromatic rings. The molecule has 0 radical (unpaired) electrons. The van der Waals surface area contributed by atoms with Crippen LogP contribution in [0.25, 0.3) is 16.8 Å². The largest absolute Gasteiger partial charge is 0.482 e. The Kier molecular flexibility index (Phi) is 9.56. The van der Waals surface area contributed by atoms with Crippen molar-refractivity contribution in [3.05, 3.63) is 108 Å². The number of aromatic nitrogens is 3. The van der Waals surface area contributed by atoms with Crippen molar-refractivity contribution >= 4 is 29.0 Å². The number of hydrogen-bond donors (Lipinski definition) is 3. The van der Waals surface area contributed by atoms with Crippen LogP contribution in [0.2, 0.25) is 0 Å². The number of Topliss-reactive ketones (excluding diaryl/α,β-unsaturated/α-hetero) is 1. The molecule has 2 aromatic heterocycles. The van der Waals surface area contributed by atoms with E-state index in [0.717, 1.165) is 22.3 Å². The Morgan fingerprint density at radius 3 is 2.17 bits per heavy atom. The number of ether oxygens (including phenoxy) is 1. The minimum Gasteiger partial charge on any atom is -0.482 e. The van der Waals surface area contributed by atoms with Crippen LogP contribution in [0, 0.1) is 5.82 Å². The van der Waals surface area contributed by atoms with Crippen LogP contribution in [-0.4, -0.2) is 56.3 Å². The van der Waals surface area contributed by atoms with Crippen LogP contribution in [0.4, 0.5) is 29.2 Å². The van der Waals surface area contributed by atoms with Crippen LogP contribution in [0.1, 0.15) is 35.3 Å². The summed E-state index contributed by atoms with van der Waals surface area (Å²) in [6.45, 7) is 1.35. The normalized spacial score (nSPS) is 11.8. The maximum Gasteiger partial charge on any atom is 0.422 e. The summed E-state index contributed by atoms with van der Waals surface area (Å²) in [5, 5.41) is 19.7. The molecule has 0 unspecified atom stereocenters. The van der Waals surface area contributed by atoms with Gasteiger partial charge in [-0.15, -0.1) is 5.10 Å². The molecule has 0 fully saturated rings. The third-order valence-electron chi connectivity index (χ3n) is 6.90. The molecule has 3 N–H and O–H groups in total. The summed E-state index contributed by atoms with van der Waals surface area (Å²) in [6, 6.07) is 20.8. The standard InChI is InChI=1S/C34H31F4N5O4/c1-33(2,46)19-39-31(45)24-9-13-28(29(17-24)47-20-34(36,37)38)40-32-41-30-14-10-25(18-43(30)42-32)23-7-3-21(4-8-23)15-27(44)16-22-5-11-26(35)12-6-22/h3-14,17-18,46H,15-16,19-20H2,1-2H3,(H,39,45)(H,40,42). The molecular formula is C34H31F4N5O4. The van der Waals surface area contributed by atoms with Gasteiger partial charge in [0.15, 0.2) is 12.3 Å². The van der Waals surface area contributed by atoms with Gasteiger partial charge in [-0.1, -0.05) is 36.4 Å². The predicted molar refractivity (Wildman–Crippen MR) is 167 cm³/mol. The van der Waals surface area contributed by atoms with Gasteiger partial charge in [-0.25, -0.2) is 8.91 Å². The molecule has 1 amide bonds. The van der Waals surface area contributed by atoms with Crippen LogP contribution in [0.15, 0.2) is 85.1 Å². The number of benzene rings is 3. The number of halogens is 4. The summed E-state index contributed by atoms with van der Waals surface area (Å²) < 4.78 is 58.6. The van der Waals surface area contributed by atoms with Gasteiger partial charge >= 0.3 is 6.18 Å². The second-order valence-corrected chi connectivity index (χ2v) is 11.6. The SMILES string of the molecule is CC(C)(O)CNC(=O)c1ccc(Nc2nc3ccc(-c4ccc(CC(=O)Cc5ccc(F)cc5)cc4)cn3n2)c(OCC(F)(F)F)c1. The first-order chi connectivity index (χ1) is 22.2. The zero-order valence-corrected chi connectivity index (χ0v) is 25.4. The molecule has 5 rings (SSSR count). The van der Waals surface area contributed by atoms with E-state index in [1.165, 1.54) is 48.7 Å². The molecule has 0 spiro atoms. The first-order valence-corrected chi connectivity index (χ1v) is 14.5. The molecule has 0 atom stereocenters. The van der Waals surface area contributed by atoms with E-state index in [0.29, 0.717) is 5.65 Å². The highest BCUT2D eigenvalue weighted by molar-refractivity contribution is 5.95. The number of fused-ring (bicyclic) bond motifs is 1. The van der Waals surface area contributed by atoms with Crippen LogP contribution in [-0.2, 0) is 17.6 Å². The smallest absolute Gasteiger partial charge is 0.422 e. The Bertz CT molecular complexity index is 1880. The van der Waals surface area contributed by atoms with E-state index in [1.807, 2.05) is 30.3 Å². The molecule has 0 aliphatic rings. The first kappa shape index (κ1) is 33.1. The second-order valence-electron chi connectivity index (χ2n) is 11.6. The van der Waals surface area contributed by atoms with Crippen molar-refractivity contribution < 1.29 is 37.0 Å². The minimum atomic E-state index is -4.62. The van der Waals surface area contributed by atoms with Crippen molar-refractivity contribution in [3.63, 3.8) is 0 Å². The van der Waals surface area contributed by atoms with E-state index in [2.05, 4.69) is 20.7 Å². The zero-order valence-electron chi connectivity index (χ0n) is 25.4. The fraction of sp³-hybridized carbons (Fsp3) is 0.235. The van der Waals surface area contributed by atoms with Crippen molar-refractivity contribution in [2.45, 2.75) is 38.5 Å². The topological polar surface area (TPSA) is 118 Å². The third-order valence-corrected chi connectivity index (χ3v) is 6.90. The molecular weight excluding hydrogens is 618 g/mol. The van der Waals surface area contributed by atoms with Crippen LogP contribution >= 0.6 is 0 Å². The van der Waals surface area contributed by atoms with Gasteiger partial charge in [0.25, 0.3) is 5.91 Å². The number of anilines is 2. The third kappa shape index (κ3) is 9.36. The summed E-state index contributed by atoms with van der Waals surface area (Å²) in [7, 11) is 0. The number of hydrogen-bond acceptors (Lipinski definition) is 7. The highest BCUT2D eigenvalue weighted by atomic mass is 19.4. The van der Waals surface area contributed by atoms with Crippen molar-refractivity contribution in [2.75, 3.05) is 18.5 Å². The van der Waals surface area contributed by atoms with E-state index in [1.54, 1.807) is 24.4 Å².